The van der Waals surface area contributed by atoms with Gasteiger partial charge in [-0.1, -0.05) is 15.9 Å². The summed E-state index contributed by atoms with van der Waals surface area (Å²) < 4.78 is 6.04. The lowest BCUT2D eigenvalue weighted by atomic mass is 10.3. The fourth-order valence-corrected chi connectivity index (χ4v) is 1.52. The first-order valence-electron chi connectivity index (χ1n) is 4.24. The largest absolute Gasteiger partial charge is 0.497 e. The van der Waals surface area contributed by atoms with Crippen molar-refractivity contribution in [1.29, 1.82) is 0 Å². The van der Waals surface area contributed by atoms with Crippen molar-refractivity contribution in [2.45, 2.75) is 0 Å². The summed E-state index contributed by atoms with van der Waals surface area (Å²) in [4.78, 5) is 3.90. The van der Waals surface area contributed by atoms with E-state index >= 15 is 0 Å². The topological polar surface area (TPSA) is 71.7 Å². The van der Waals surface area contributed by atoms with Crippen LogP contribution in [0, 0.1) is 0 Å². The minimum atomic E-state index is 0.482. The van der Waals surface area contributed by atoms with Crippen molar-refractivity contribution in [1.82, 2.24) is 5.43 Å². The summed E-state index contributed by atoms with van der Waals surface area (Å²) >= 11 is 3.38. The van der Waals surface area contributed by atoms with Crippen LogP contribution in [0.1, 0.15) is 0 Å². The number of benzene rings is 1. The minimum absolute atomic E-state index is 0.482. The molecule has 0 radical (unpaired) electrons. The van der Waals surface area contributed by atoms with Gasteiger partial charge in [-0.3, -0.25) is 10.4 Å². The second-order valence-electron chi connectivity index (χ2n) is 2.72. The number of nitrogens with zero attached hydrogens (tertiary/aromatic N) is 1. The average molecular weight is 273 g/mol. The van der Waals surface area contributed by atoms with Gasteiger partial charge in [0, 0.05) is 23.3 Å². The van der Waals surface area contributed by atoms with Crippen LogP contribution >= 0.6 is 15.9 Å². The van der Waals surface area contributed by atoms with E-state index in [9.17, 15) is 0 Å². The highest BCUT2D eigenvalue weighted by molar-refractivity contribution is 9.10. The van der Waals surface area contributed by atoms with Crippen LogP contribution in [0.15, 0.2) is 27.7 Å². The van der Waals surface area contributed by atoms with Gasteiger partial charge in [-0.15, -0.1) is 0 Å². The maximum Gasteiger partial charge on any atom is 0.209 e. The van der Waals surface area contributed by atoms with Gasteiger partial charge in [-0.25, -0.2) is 5.84 Å². The Labute approximate surface area is 96.8 Å². The molecular weight excluding hydrogens is 260 g/mol. The maximum atomic E-state index is 5.25. The zero-order valence-electron chi connectivity index (χ0n) is 8.54. The van der Waals surface area contributed by atoms with E-state index in [-0.39, 0.29) is 0 Å². The molecule has 0 aromatic heterocycles. The van der Waals surface area contributed by atoms with Gasteiger partial charge < -0.3 is 10.1 Å². The van der Waals surface area contributed by atoms with Crippen LogP contribution in [0.5, 0.6) is 5.75 Å². The molecule has 82 valence electrons. The third kappa shape index (κ3) is 3.41. The number of halogens is 1. The monoisotopic (exact) mass is 272 g/mol. The van der Waals surface area contributed by atoms with E-state index in [1.54, 1.807) is 14.2 Å². The van der Waals surface area contributed by atoms with E-state index in [2.05, 4.69) is 31.7 Å². The standard InChI is InChI=1S/C9H13BrN4O/c1-12-9(14-11)13-7-3-6(10)4-8(5-7)15-2/h3-5H,11H2,1-2H3,(H2,12,13,14). The predicted octanol–water partition coefficient (Wildman–Crippen LogP) is 1.32. The van der Waals surface area contributed by atoms with Gasteiger partial charge in [0.05, 0.1) is 7.11 Å². The van der Waals surface area contributed by atoms with Crippen LogP contribution < -0.4 is 21.3 Å². The molecule has 1 aromatic carbocycles. The molecule has 0 amide bonds. The summed E-state index contributed by atoms with van der Waals surface area (Å²) in [6, 6.07) is 5.60. The third-order valence-corrected chi connectivity index (χ3v) is 2.19. The van der Waals surface area contributed by atoms with Crippen LogP contribution in [0.3, 0.4) is 0 Å². The Morgan fingerprint density at radius 2 is 2.20 bits per heavy atom. The Hall–Kier alpha value is -1.27. The van der Waals surface area contributed by atoms with Crippen molar-refractivity contribution in [3.63, 3.8) is 0 Å². The van der Waals surface area contributed by atoms with E-state index in [0.717, 1.165) is 15.9 Å². The van der Waals surface area contributed by atoms with Crippen LogP contribution in [0.4, 0.5) is 5.69 Å². The summed E-state index contributed by atoms with van der Waals surface area (Å²) in [5.41, 5.74) is 3.27. The summed E-state index contributed by atoms with van der Waals surface area (Å²) in [6.45, 7) is 0. The average Bonchev–Trinajstić information content (AvgIpc) is 2.25. The zero-order valence-corrected chi connectivity index (χ0v) is 10.1. The molecule has 1 aromatic rings. The van der Waals surface area contributed by atoms with Crippen molar-refractivity contribution in [2.75, 3.05) is 19.5 Å². The predicted molar refractivity (Wildman–Crippen MR) is 65.0 cm³/mol. The highest BCUT2D eigenvalue weighted by Crippen LogP contribution is 2.24. The summed E-state index contributed by atoms with van der Waals surface area (Å²) in [6.07, 6.45) is 0. The number of hydrogen-bond acceptors (Lipinski definition) is 3. The molecule has 15 heavy (non-hydrogen) atoms. The van der Waals surface area contributed by atoms with Crippen molar-refractivity contribution in [3.8, 4) is 5.75 Å². The SMILES string of the molecule is CN=C(NN)Nc1cc(Br)cc(OC)c1. The Morgan fingerprint density at radius 1 is 1.47 bits per heavy atom. The molecule has 0 unspecified atom stereocenters. The second kappa shape index (κ2) is 5.57. The molecule has 0 aliphatic rings. The Bertz CT molecular complexity index is 367. The van der Waals surface area contributed by atoms with E-state index in [1.807, 2.05) is 18.2 Å². The van der Waals surface area contributed by atoms with Crippen molar-refractivity contribution in [3.05, 3.63) is 22.7 Å². The first kappa shape index (κ1) is 11.8. The van der Waals surface area contributed by atoms with Gasteiger partial charge in [0.15, 0.2) is 0 Å². The molecule has 0 atom stereocenters. The molecule has 5 nitrogen and oxygen atoms in total. The number of guanidine groups is 1. The number of ether oxygens (including phenoxy) is 1. The number of hydrazine groups is 1. The van der Waals surface area contributed by atoms with Gasteiger partial charge in [0.2, 0.25) is 5.96 Å². The van der Waals surface area contributed by atoms with Crippen LogP contribution in [-0.2, 0) is 0 Å². The lowest BCUT2D eigenvalue weighted by Gasteiger charge is -2.10. The fraction of sp³-hybridized carbons (Fsp3) is 0.222. The van der Waals surface area contributed by atoms with Gasteiger partial charge in [-0.05, 0) is 12.1 Å². The van der Waals surface area contributed by atoms with E-state index in [4.69, 9.17) is 10.6 Å². The molecular formula is C9H13BrN4O. The van der Waals surface area contributed by atoms with Crippen molar-refractivity contribution >= 4 is 27.6 Å². The van der Waals surface area contributed by atoms with Crippen molar-refractivity contribution < 1.29 is 4.74 Å². The molecule has 0 aliphatic heterocycles. The quantitative estimate of drug-likeness (QED) is 0.329. The molecule has 0 saturated heterocycles. The Kier molecular flexibility index (Phi) is 4.38. The molecule has 0 spiro atoms. The molecule has 1 rings (SSSR count). The Morgan fingerprint density at radius 3 is 2.73 bits per heavy atom. The summed E-state index contributed by atoms with van der Waals surface area (Å²) in [5.74, 6) is 6.48. The summed E-state index contributed by atoms with van der Waals surface area (Å²) in [7, 11) is 3.25. The smallest absolute Gasteiger partial charge is 0.209 e. The van der Waals surface area contributed by atoms with Crippen LogP contribution in [0.25, 0.3) is 0 Å². The summed E-state index contributed by atoms with van der Waals surface area (Å²) in [5, 5.41) is 3.00. The number of rotatable bonds is 2. The molecule has 0 aliphatic carbocycles. The molecule has 4 N–H and O–H groups in total. The number of nitrogens with one attached hydrogen (secondary N) is 2. The number of hydrogen-bond donors (Lipinski definition) is 3. The Balaban J connectivity index is 2.89. The van der Waals surface area contributed by atoms with Gasteiger partial charge in [0.25, 0.3) is 0 Å². The lowest BCUT2D eigenvalue weighted by Crippen LogP contribution is -2.36. The molecule has 0 heterocycles. The molecule has 6 heteroatoms. The van der Waals surface area contributed by atoms with Crippen molar-refractivity contribution in [2.24, 2.45) is 10.8 Å². The van der Waals surface area contributed by atoms with Crippen LogP contribution in [0.2, 0.25) is 0 Å². The van der Waals surface area contributed by atoms with E-state index in [1.165, 1.54) is 0 Å². The minimum Gasteiger partial charge on any atom is -0.497 e. The number of methoxy groups -OCH3 is 1. The number of nitrogens with two attached hydrogens (primary N) is 1. The van der Waals surface area contributed by atoms with Gasteiger partial charge in [0.1, 0.15) is 5.75 Å². The highest BCUT2D eigenvalue weighted by Gasteiger charge is 2.01. The highest BCUT2D eigenvalue weighted by atomic mass is 79.9. The van der Waals surface area contributed by atoms with Gasteiger partial charge >= 0.3 is 0 Å². The zero-order chi connectivity index (χ0) is 11.3. The fourth-order valence-electron chi connectivity index (χ4n) is 1.05. The van der Waals surface area contributed by atoms with Crippen LogP contribution in [-0.4, -0.2) is 20.1 Å². The number of anilines is 1. The van der Waals surface area contributed by atoms with E-state index in [0.29, 0.717) is 5.96 Å². The molecule has 0 bridgehead atoms. The second-order valence-corrected chi connectivity index (χ2v) is 3.64. The lowest BCUT2D eigenvalue weighted by molar-refractivity contribution is 0.415. The first-order valence-corrected chi connectivity index (χ1v) is 5.04. The first-order chi connectivity index (χ1) is 7.19. The normalized spacial score (nSPS) is 11.1. The third-order valence-electron chi connectivity index (χ3n) is 1.73. The number of aliphatic imine (C=N–C) groups is 1. The van der Waals surface area contributed by atoms with E-state index < -0.39 is 0 Å². The van der Waals surface area contributed by atoms with Gasteiger partial charge in [-0.2, -0.15) is 0 Å². The molecule has 0 saturated carbocycles. The maximum absolute atomic E-state index is 5.25. The molecule has 0 fully saturated rings.